The largest absolute Gasteiger partial charge is 0.481 e. The average Bonchev–Trinajstić information content (AvgIpc) is 3.07. The number of carbonyl (C=O) groups excluding carboxylic acids is 2. The van der Waals surface area contributed by atoms with E-state index in [1.807, 2.05) is 30.3 Å². The van der Waals surface area contributed by atoms with Gasteiger partial charge in [-0.1, -0.05) is 36.4 Å². The van der Waals surface area contributed by atoms with Crippen LogP contribution in [0.25, 0.3) is 0 Å². The maximum absolute atomic E-state index is 11.4. The number of nitrogens with one attached hydrogen (secondary N) is 2. The van der Waals surface area contributed by atoms with Crippen LogP contribution in [0.1, 0.15) is 23.5 Å². The van der Waals surface area contributed by atoms with E-state index in [-0.39, 0.29) is 18.2 Å². The maximum Gasteiger partial charge on any atom is 0.304 e. The van der Waals surface area contributed by atoms with Gasteiger partial charge in [-0.2, -0.15) is 0 Å². The molecular weight excluding hydrogens is 308 g/mol. The van der Waals surface area contributed by atoms with Crippen LogP contribution in [-0.2, 0) is 20.8 Å². The third-order valence-electron chi connectivity index (χ3n) is 3.93. The molecule has 2 amide bonds. The number of fused-ring (bicyclic) bond motifs is 2. The van der Waals surface area contributed by atoms with Gasteiger partial charge in [0.1, 0.15) is 0 Å². The molecule has 6 nitrogen and oxygen atoms in total. The molecule has 24 heavy (non-hydrogen) atoms. The lowest BCUT2D eigenvalue weighted by Crippen LogP contribution is -2.15. The summed E-state index contributed by atoms with van der Waals surface area (Å²) in [6.45, 7) is 0. The standard InChI is InChI=1S/C10H9NO3.C8H7NO/c12-9(13)5-7-6-3-1-2-4-8(6)11-10(7)14;10-8-5-6-3-1-2-4-7(6)9-8/h1-4,7H,5H2,(H,11,14)(H,12,13);1-4H,5H2,(H,9,10). The second-order valence-corrected chi connectivity index (χ2v) is 5.61. The van der Waals surface area contributed by atoms with E-state index in [2.05, 4.69) is 10.6 Å². The molecule has 2 aliphatic heterocycles. The monoisotopic (exact) mass is 324 g/mol. The summed E-state index contributed by atoms with van der Waals surface area (Å²) in [5.41, 5.74) is 3.57. The quantitative estimate of drug-likeness (QED) is 0.790. The van der Waals surface area contributed by atoms with Gasteiger partial charge in [-0.05, 0) is 23.3 Å². The number of hydrogen-bond donors (Lipinski definition) is 3. The number of carbonyl (C=O) groups is 3. The molecule has 4 rings (SSSR count). The van der Waals surface area contributed by atoms with Crippen molar-refractivity contribution in [2.24, 2.45) is 0 Å². The number of anilines is 2. The molecule has 0 fully saturated rings. The Morgan fingerprint density at radius 3 is 2.38 bits per heavy atom. The van der Waals surface area contributed by atoms with Crippen molar-refractivity contribution in [1.82, 2.24) is 0 Å². The molecule has 1 unspecified atom stereocenters. The molecule has 0 saturated carbocycles. The predicted octanol–water partition coefficient (Wildman–Crippen LogP) is 2.38. The van der Waals surface area contributed by atoms with Crippen LogP contribution in [0.4, 0.5) is 11.4 Å². The minimum atomic E-state index is -0.957. The van der Waals surface area contributed by atoms with E-state index >= 15 is 0 Å². The summed E-state index contributed by atoms with van der Waals surface area (Å²) >= 11 is 0. The van der Waals surface area contributed by atoms with Crippen LogP contribution in [0.15, 0.2) is 48.5 Å². The van der Waals surface area contributed by atoms with Crippen LogP contribution < -0.4 is 10.6 Å². The molecule has 122 valence electrons. The first-order valence-corrected chi connectivity index (χ1v) is 7.54. The average molecular weight is 324 g/mol. The van der Waals surface area contributed by atoms with E-state index in [9.17, 15) is 14.4 Å². The van der Waals surface area contributed by atoms with Gasteiger partial charge in [-0.3, -0.25) is 14.4 Å². The first kappa shape index (κ1) is 15.7. The molecule has 0 aliphatic carbocycles. The van der Waals surface area contributed by atoms with Gasteiger partial charge >= 0.3 is 5.97 Å². The summed E-state index contributed by atoms with van der Waals surface area (Å²) in [6, 6.07) is 14.9. The molecule has 0 spiro atoms. The Labute approximate surface area is 138 Å². The molecule has 2 aliphatic rings. The van der Waals surface area contributed by atoms with Gasteiger partial charge in [-0.15, -0.1) is 0 Å². The Morgan fingerprint density at radius 2 is 1.67 bits per heavy atom. The molecule has 0 radical (unpaired) electrons. The minimum absolute atomic E-state index is 0.0983. The highest BCUT2D eigenvalue weighted by Crippen LogP contribution is 2.34. The number of aliphatic carboxylic acids is 1. The van der Waals surface area contributed by atoms with Crippen molar-refractivity contribution in [2.45, 2.75) is 18.8 Å². The summed E-state index contributed by atoms with van der Waals surface area (Å²) in [5.74, 6) is -1.62. The number of para-hydroxylation sites is 2. The number of benzene rings is 2. The normalized spacial score (nSPS) is 17.1. The predicted molar refractivity (Wildman–Crippen MR) is 88.8 cm³/mol. The lowest BCUT2D eigenvalue weighted by Gasteiger charge is -2.03. The van der Waals surface area contributed by atoms with Crippen molar-refractivity contribution in [2.75, 3.05) is 10.6 Å². The van der Waals surface area contributed by atoms with Crippen LogP contribution in [-0.4, -0.2) is 22.9 Å². The highest BCUT2D eigenvalue weighted by molar-refractivity contribution is 6.04. The Bertz CT molecular complexity index is 789. The number of rotatable bonds is 2. The zero-order valence-electron chi connectivity index (χ0n) is 12.8. The fourth-order valence-corrected chi connectivity index (χ4v) is 2.82. The minimum Gasteiger partial charge on any atom is -0.481 e. The summed E-state index contributed by atoms with van der Waals surface area (Å²) in [4.78, 5) is 32.7. The van der Waals surface area contributed by atoms with E-state index in [4.69, 9.17) is 5.11 Å². The molecule has 0 aromatic heterocycles. The SMILES string of the molecule is O=C(O)CC1C(=O)Nc2ccccc21.O=C1Cc2ccccc2N1. The van der Waals surface area contributed by atoms with Gasteiger partial charge in [0.2, 0.25) is 11.8 Å². The number of carboxylic acids is 1. The van der Waals surface area contributed by atoms with Gasteiger partial charge in [0, 0.05) is 11.4 Å². The van der Waals surface area contributed by atoms with Gasteiger partial charge in [-0.25, -0.2) is 0 Å². The van der Waals surface area contributed by atoms with Crippen LogP contribution >= 0.6 is 0 Å². The summed E-state index contributed by atoms with van der Waals surface area (Å²) in [6.07, 6.45) is 0.388. The van der Waals surface area contributed by atoms with Crippen molar-refractivity contribution in [3.63, 3.8) is 0 Å². The van der Waals surface area contributed by atoms with Crippen molar-refractivity contribution in [3.8, 4) is 0 Å². The fourth-order valence-electron chi connectivity index (χ4n) is 2.82. The summed E-state index contributed by atoms with van der Waals surface area (Å²) in [7, 11) is 0. The zero-order chi connectivity index (χ0) is 17.1. The molecule has 1 atom stereocenters. The van der Waals surface area contributed by atoms with E-state index in [1.165, 1.54) is 0 Å². The van der Waals surface area contributed by atoms with Crippen LogP contribution in [0.3, 0.4) is 0 Å². The molecule has 0 saturated heterocycles. The zero-order valence-corrected chi connectivity index (χ0v) is 12.8. The van der Waals surface area contributed by atoms with E-state index < -0.39 is 11.9 Å². The van der Waals surface area contributed by atoms with Crippen LogP contribution in [0.2, 0.25) is 0 Å². The van der Waals surface area contributed by atoms with Gasteiger partial charge < -0.3 is 15.7 Å². The summed E-state index contributed by atoms with van der Waals surface area (Å²) in [5, 5.41) is 14.0. The van der Waals surface area contributed by atoms with Gasteiger partial charge in [0.15, 0.2) is 0 Å². The van der Waals surface area contributed by atoms with E-state index in [0.29, 0.717) is 6.42 Å². The molecule has 6 heteroatoms. The second-order valence-electron chi connectivity index (χ2n) is 5.61. The lowest BCUT2D eigenvalue weighted by molar-refractivity contribution is -0.138. The number of hydrogen-bond acceptors (Lipinski definition) is 3. The molecule has 3 N–H and O–H groups in total. The Balaban J connectivity index is 0.000000149. The molecule has 2 aromatic carbocycles. The Morgan fingerprint density at radius 1 is 1.00 bits per heavy atom. The first-order valence-electron chi connectivity index (χ1n) is 7.54. The summed E-state index contributed by atoms with van der Waals surface area (Å²) < 4.78 is 0. The first-order chi connectivity index (χ1) is 11.5. The highest BCUT2D eigenvalue weighted by atomic mass is 16.4. The molecular formula is C18H16N2O4. The molecule has 0 bridgehead atoms. The Kier molecular flexibility index (Phi) is 4.29. The molecule has 2 aromatic rings. The van der Waals surface area contributed by atoms with E-state index in [0.717, 1.165) is 22.5 Å². The van der Waals surface area contributed by atoms with Crippen LogP contribution in [0.5, 0.6) is 0 Å². The third kappa shape index (κ3) is 3.27. The maximum atomic E-state index is 11.4. The van der Waals surface area contributed by atoms with Crippen molar-refractivity contribution >= 4 is 29.2 Å². The smallest absolute Gasteiger partial charge is 0.304 e. The fraction of sp³-hybridized carbons (Fsp3) is 0.167. The Hall–Kier alpha value is -3.15. The van der Waals surface area contributed by atoms with Crippen LogP contribution in [0, 0.1) is 0 Å². The second kappa shape index (κ2) is 6.54. The highest BCUT2D eigenvalue weighted by Gasteiger charge is 2.31. The number of carboxylic acid groups (broad SMARTS) is 1. The van der Waals surface area contributed by atoms with Crippen molar-refractivity contribution < 1.29 is 19.5 Å². The molecule has 2 heterocycles. The lowest BCUT2D eigenvalue weighted by atomic mass is 9.97. The van der Waals surface area contributed by atoms with E-state index in [1.54, 1.807) is 18.2 Å². The van der Waals surface area contributed by atoms with Crippen molar-refractivity contribution in [1.29, 1.82) is 0 Å². The van der Waals surface area contributed by atoms with Gasteiger partial charge in [0.05, 0.1) is 18.8 Å². The van der Waals surface area contributed by atoms with Gasteiger partial charge in [0.25, 0.3) is 0 Å². The number of amides is 2. The topological polar surface area (TPSA) is 95.5 Å². The third-order valence-corrected chi connectivity index (χ3v) is 3.93. The van der Waals surface area contributed by atoms with Crippen molar-refractivity contribution in [3.05, 3.63) is 59.7 Å².